The molecule has 10 heteroatoms. The second kappa shape index (κ2) is 7.68. The molecule has 1 aromatic carbocycles. The number of nitrogens with two attached hydrogens (primary N) is 2. The minimum Gasteiger partial charge on any atom is -0.456 e. The molecule has 2 aromatic rings. The van der Waals surface area contributed by atoms with Gasteiger partial charge in [-0.1, -0.05) is 15.9 Å². The van der Waals surface area contributed by atoms with E-state index in [1.165, 1.54) is 6.92 Å². The molecule has 9 nitrogen and oxygen atoms in total. The molecule has 0 saturated carbocycles. The number of carbonyl (C=O) groups excluding carboxylic acids is 2. The van der Waals surface area contributed by atoms with Crippen LogP contribution in [-0.4, -0.2) is 32.9 Å². The number of aromatic nitrogens is 3. The number of nitrogens with zero attached hydrogens (tertiary/aromatic N) is 3. The van der Waals surface area contributed by atoms with Gasteiger partial charge in [0.05, 0.1) is 0 Å². The number of nitrogen functional groups attached to an aromatic ring is 2. The highest BCUT2D eigenvalue weighted by atomic mass is 79.9. The number of anilines is 2. The summed E-state index contributed by atoms with van der Waals surface area (Å²) in [7, 11) is 0. The van der Waals surface area contributed by atoms with Crippen molar-refractivity contribution < 1.29 is 14.3 Å². The van der Waals surface area contributed by atoms with E-state index in [0.29, 0.717) is 5.56 Å². The number of rotatable bonds is 5. The number of hydrogen-bond acceptors (Lipinski definition) is 8. The number of ether oxygens (including phenoxy) is 1. The van der Waals surface area contributed by atoms with Gasteiger partial charge in [-0.15, -0.1) is 0 Å². The van der Waals surface area contributed by atoms with E-state index in [0.717, 1.165) is 4.47 Å². The minimum atomic E-state index is -0.849. The number of amides is 1. The molecule has 0 fully saturated rings. The second-order valence-electron chi connectivity index (χ2n) is 4.78. The van der Waals surface area contributed by atoms with Crippen LogP contribution >= 0.6 is 15.9 Å². The summed E-state index contributed by atoms with van der Waals surface area (Å²) < 4.78 is 5.88. The second-order valence-corrected chi connectivity index (χ2v) is 5.69. The van der Waals surface area contributed by atoms with Crippen molar-refractivity contribution in [2.24, 2.45) is 0 Å². The van der Waals surface area contributed by atoms with Gasteiger partial charge < -0.3 is 21.5 Å². The summed E-state index contributed by atoms with van der Waals surface area (Å²) in [6.07, 6.45) is 0. The number of halogens is 1. The number of nitrogens with one attached hydrogen (secondary N) is 1. The molecule has 126 valence electrons. The van der Waals surface area contributed by atoms with Crippen molar-refractivity contribution in [2.45, 2.75) is 19.6 Å². The first kappa shape index (κ1) is 17.6. The summed E-state index contributed by atoms with van der Waals surface area (Å²) in [6.45, 7) is 1.28. The fourth-order valence-electron chi connectivity index (χ4n) is 1.72. The first-order chi connectivity index (χ1) is 11.3. The Kier molecular flexibility index (Phi) is 5.64. The topological polar surface area (TPSA) is 146 Å². The molecule has 1 heterocycles. The molecule has 0 aliphatic carbocycles. The van der Waals surface area contributed by atoms with Gasteiger partial charge in [-0.3, -0.25) is 4.79 Å². The molecular weight excluding hydrogens is 380 g/mol. The molecule has 0 bridgehead atoms. The van der Waals surface area contributed by atoms with Gasteiger partial charge in [-0.25, -0.2) is 4.79 Å². The number of benzene rings is 1. The Bertz CT molecular complexity index is 732. The van der Waals surface area contributed by atoms with E-state index >= 15 is 0 Å². The van der Waals surface area contributed by atoms with Gasteiger partial charge in [0.15, 0.2) is 12.4 Å². The average Bonchev–Trinajstić information content (AvgIpc) is 2.52. The Hall–Kier alpha value is -2.75. The maximum Gasteiger partial charge on any atom is 0.328 e. The van der Waals surface area contributed by atoms with Crippen LogP contribution in [0.25, 0.3) is 0 Å². The predicted molar refractivity (Wildman–Crippen MR) is 89.5 cm³/mol. The zero-order chi connectivity index (χ0) is 17.7. The highest BCUT2D eigenvalue weighted by molar-refractivity contribution is 9.10. The van der Waals surface area contributed by atoms with Gasteiger partial charge in [-0.2, -0.15) is 15.0 Å². The first-order valence-electron chi connectivity index (χ1n) is 6.84. The molecule has 0 unspecified atom stereocenters. The maximum atomic E-state index is 12.0. The van der Waals surface area contributed by atoms with Gasteiger partial charge in [0.2, 0.25) is 11.9 Å². The van der Waals surface area contributed by atoms with Crippen LogP contribution in [0.4, 0.5) is 11.9 Å². The summed E-state index contributed by atoms with van der Waals surface area (Å²) in [5.41, 5.74) is 11.3. The Labute approximate surface area is 146 Å². The average molecular weight is 395 g/mol. The SMILES string of the molecule is C[C@H](NC(=O)c1ccc(Br)cc1)C(=O)OCc1nc(N)nc(N)n1. The molecule has 0 saturated heterocycles. The Morgan fingerprint density at radius 3 is 2.33 bits per heavy atom. The predicted octanol–water partition coefficient (Wildman–Crippen LogP) is 0.660. The smallest absolute Gasteiger partial charge is 0.328 e. The van der Waals surface area contributed by atoms with Crippen molar-refractivity contribution in [2.75, 3.05) is 11.5 Å². The normalized spacial score (nSPS) is 11.6. The Morgan fingerprint density at radius 1 is 1.17 bits per heavy atom. The molecule has 1 atom stereocenters. The van der Waals surface area contributed by atoms with Crippen LogP contribution in [0, 0.1) is 0 Å². The van der Waals surface area contributed by atoms with E-state index in [4.69, 9.17) is 16.2 Å². The molecule has 0 radical (unpaired) electrons. The summed E-state index contributed by atoms with van der Waals surface area (Å²) >= 11 is 3.28. The molecule has 24 heavy (non-hydrogen) atoms. The largest absolute Gasteiger partial charge is 0.456 e. The van der Waals surface area contributed by atoms with Crippen LogP contribution in [0.3, 0.4) is 0 Å². The monoisotopic (exact) mass is 394 g/mol. The summed E-state index contributed by atoms with van der Waals surface area (Å²) in [5, 5.41) is 2.54. The van der Waals surface area contributed by atoms with Crippen LogP contribution < -0.4 is 16.8 Å². The van der Waals surface area contributed by atoms with E-state index in [1.54, 1.807) is 24.3 Å². The van der Waals surface area contributed by atoms with Gasteiger partial charge in [0, 0.05) is 10.0 Å². The lowest BCUT2D eigenvalue weighted by Gasteiger charge is -2.13. The summed E-state index contributed by atoms with van der Waals surface area (Å²) in [5.74, 6) is -1.03. The fourth-order valence-corrected chi connectivity index (χ4v) is 1.99. The third kappa shape index (κ3) is 4.88. The van der Waals surface area contributed by atoms with Crippen LogP contribution in [0.1, 0.15) is 23.1 Å². The third-order valence-electron chi connectivity index (χ3n) is 2.87. The molecule has 0 spiro atoms. The lowest BCUT2D eigenvalue weighted by molar-refractivity contribution is -0.147. The lowest BCUT2D eigenvalue weighted by Crippen LogP contribution is -2.39. The van der Waals surface area contributed by atoms with E-state index in [2.05, 4.69) is 36.2 Å². The van der Waals surface area contributed by atoms with Crippen molar-refractivity contribution in [1.82, 2.24) is 20.3 Å². The zero-order valence-electron chi connectivity index (χ0n) is 12.7. The molecule has 5 N–H and O–H groups in total. The highest BCUT2D eigenvalue weighted by Crippen LogP contribution is 2.10. The third-order valence-corrected chi connectivity index (χ3v) is 3.40. The molecule has 0 aliphatic rings. The van der Waals surface area contributed by atoms with Gasteiger partial charge in [-0.05, 0) is 31.2 Å². The van der Waals surface area contributed by atoms with Crippen molar-refractivity contribution in [3.05, 3.63) is 40.1 Å². The van der Waals surface area contributed by atoms with Crippen LogP contribution in [0.15, 0.2) is 28.7 Å². The van der Waals surface area contributed by atoms with Gasteiger partial charge in [0.1, 0.15) is 6.04 Å². The molecule has 0 aliphatic heterocycles. The fraction of sp³-hybridized carbons (Fsp3) is 0.214. The van der Waals surface area contributed by atoms with E-state index in [9.17, 15) is 9.59 Å². The number of carbonyl (C=O) groups is 2. The van der Waals surface area contributed by atoms with Crippen molar-refractivity contribution in [3.8, 4) is 0 Å². The standard InChI is InChI=1S/C14H15BrN6O3/c1-7(18-11(22)8-2-4-9(15)5-3-8)12(23)24-6-10-19-13(16)21-14(17)20-10/h2-5,7H,6H2,1H3,(H,18,22)(H4,16,17,19,20,21)/t7-/m0/s1. The van der Waals surface area contributed by atoms with Crippen molar-refractivity contribution in [1.29, 1.82) is 0 Å². The highest BCUT2D eigenvalue weighted by Gasteiger charge is 2.18. The van der Waals surface area contributed by atoms with Crippen molar-refractivity contribution in [3.63, 3.8) is 0 Å². The van der Waals surface area contributed by atoms with Crippen LogP contribution in [0.5, 0.6) is 0 Å². The quantitative estimate of drug-likeness (QED) is 0.626. The van der Waals surface area contributed by atoms with Gasteiger partial charge in [0.25, 0.3) is 5.91 Å². The van der Waals surface area contributed by atoms with Crippen LogP contribution in [-0.2, 0) is 16.1 Å². The molecule has 2 rings (SSSR count). The van der Waals surface area contributed by atoms with Gasteiger partial charge >= 0.3 is 5.97 Å². The maximum absolute atomic E-state index is 12.0. The number of hydrogen-bond donors (Lipinski definition) is 3. The summed E-state index contributed by atoms with van der Waals surface area (Å²) in [6, 6.07) is 5.88. The zero-order valence-corrected chi connectivity index (χ0v) is 14.3. The summed E-state index contributed by atoms with van der Waals surface area (Å²) in [4.78, 5) is 35.1. The molecule has 1 aromatic heterocycles. The van der Waals surface area contributed by atoms with E-state index < -0.39 is 12.0 Å². The number of esters is 1. The molecule has 1 amide bonds. The van der Waals surface area contributed by atoms with Crippen LogP contribution in [0.2, 0.25) is 0 Å². The minimum absolute atomic E-state index is 0.0647. The molecular formula is C14H15BrN6O3. The Balaban J connectivity index is 1.89. The Morgan fingerprint density at radius 2 is 1.75 bits per heavy atom. The lowest BCUT2D eigenvalue weighted by atomic mass is 10.2. The van der Waals surface area contributed by atoms with E-state index in [-0.39, 0.29) is 30.2 Å². The first-order valence-corrected chi connectivity index (χ1v) is 7.63. The van der Waals surface area contributed by atoms with E-state index in [1.807, 2.05) is 0 Å². The van der Waals surface area contributed by atoms with Crippen molar-refractivity contribution >= 4 is 39.7 Å².